The number of hydrogen-bond donors (Lipinski definition) is 2. The highest BCUT2D eigenvalue weighted by molar-refractivity contribution is 7.20. The number of allylic oxidation sites excluding steroid dienone is 2. The molecular formula is C27H40N3O3P. The molecule has 34 heavy (non-hydrogen) atoms. The number of ether oxygens (including phenoxy) is 1. The van der Waals surface area contributed by atoms with Gasteiger partial charge in [0, 0.05) is 18.7 Å². The van der Waals surface area contributed by atoms with Gasteiger partial charge in [-0.05, 0) is 69.0 Å². The summed E-state index contributed by atoms with van der Waals surface area (Å²) in [5, 5.41) is 2.72. The lowest BCUT2D eigenvalue weighted by Gasteiger charge is -2.17. The number of nitrogens with one attached hydrogen (secondary N) is 1. The maximum absolute atomic E-state index is 12.9. The lowest BCUT2D eigenvalue weighted by Crippen LogP contribution is -2.30. The van der Waals surface area contributed by atoms with E-state index < -0.39 is 0 Å². The fraction of sp³-hybridized carbons (Fsp3) is 0.407. The number of aromatic nitrogens is 1. The second-order valence-corrected chi connectivity index (χ2v) is 8.25. The molecule has 6 nitrogen and oxygen atoms in total. The molecule has 0 aliphatic heterocycles. The van der Waals surface area contributed by atoms with Crippen molar-refractivity contribution < 1.29 is 9.53 Å². The van der Waals surface area contributed by atoms with Crippen molar-refractivity contribution in [2.45, 2.75) is 59.1 Å². The number of nitrogens with two attached hydrogens (primary N) is 1. The molecule has 3 N–H and O–H groups in total. The van der Waals surface area contributed by atoms with Crippen LogP contribution in [0.4, 0.5) is 5.69 Å². The first-order valence-corrected chi connectivity index (χ1v) is 12.4. The van der Waals surface area contributed by atoms with Gasteiger partial charge in [-0.15, -0.1) is 9.24 Å². The Bertz CT molecular complexity index is 985. The van der Waals surface area contributed by atoms with E-state index in [1.807, 2.05) is 38.7 Å². The molecule has 1 aromatic heterocycles. The first kappa shape index (κ1) is 29.5. The van der Waals surface area contributed by atoms with Gasteiger partial charge in [-0.25, -0.2) is 0 Å². The fourth-order valence-corrected chi connectivity index (χ4v) is 3.65. The first-order valence-electron chi connectivity index (χ1n) is 11.7. The van der Waals surface area contributed by atoms with Crippen LogP contribution in [-0.2, 0) is 28.9 Å². The summed E-state index contributed by atoms with van der Waals surface area (Å²) in [7, 11) is 3.97. The topological polar surface area (TPSA) is 86.3 Å². The summed E-state index contributed by atoms with van der Waals surface area (Å²) >= 11 is 0. The van der Waals surface area contributed by atoms with E-state index >= 15 is 0 Å². The number of anilines is 1. The van der Waals surface area contributed by atoms with Crippen LogP contribution in [0.2, 0.25) is 0 Å². The third kappa shape index (κ3) is 9.02. The normalized spacial score (nSPS) is 12.3. The number of hydrogen-bond acceptors (Lipinski definition) is 4. The number of carbonyl (C=O) groups excluding carboxylic acids is 1. The number of pyridine rings is 1. The molecule has 1 amide bonds. The molecule has 0 radical (unpaired) electrons. The predicted octanol–water partition coefficient (Wildman–Crippen LogP) is 4.77. The summed E-state index contributed by atoms with van der Waals surface area (Å²) in [5.41, 5.74) is 8.83. The van der Waals surface area contributed by atoms with E-state index in [-0.39, 0.29) is 17.6 Å². The van der Waals surface area contributed by atoms with E-state index in [1.54, 1.807) is 10.6 Å². The minimum Gasteiger partial charge on any atom is -0.376 e. The SMILES string of the molecule is C/C=C\P.C=C(C)c1ccc(NC(=O)CCC)c(=O)n1CCOC1Cc2ccccc2C1.CN. The maximum Gasteiger partial charge on any atom is 0.274 e. The van der Waals surface area contributed by atoms with Gasteiger partial charge in [0.1, 0.15) is 5.69 Å². The van der Waals surface area contributed by atoms with Crippen molar-refractivity contribution in [1.29, 1.82) is 0 Å². The highest BCUT2D eigenvalue weighted by atomic mass is 31.0. The van der Waals surface area contributed by atoms with Gasteiger partial charge in [0.25, 0.3) is 5.56 Å². The van der Waals surface area contributed by atoms with E-state index in [2.05, 4.69) is 51.1 Å². The molecule has 1 aromatic carbocycles. The summed E-state index contributed by atoms with van der Waals surface area (Å²) in [6.45, 7) is 10.6. The minimum atomic E-state index is -0.219. The maximum atomic E-state index is 12.9. The van der Waals surface area contributed by atoms with Crippen LogP contribution in [0.3, 0.4) is 0 Å². The van der Waals surface area contributed by atoms with Gasteiger partial charge < -0.3 is 20.4 Å². The molecule has 7 heteroatoms. The molecule has 1 heterocycles. The molecule has 0 spiro atoms. The highest BCUT2D eigenvalue weighted by Gasteiger charge is 2.21. The summed E-state index contributed by atoms with van der Waals surface area (Å²) in [6, 6.07) is 11.9. The quantitative estimate of drug-likeness (QED) is 0.527. The molecule has 1 atom stereocenters. The lowest BCUT2D eigenvalue weighted by atomic mass is 10.1. The molecule has 2 aromatic rings. The van der Waals surface area contributed by atoms with E-state index in [0.717, 1.165) is 30.5 Å². The van der Waals surface area contributed by atoms with Crippen LogP contribution in [0.5, 0.6) is 0 Å². The average molecular weight is 486 g/mol. The Morgan fingerprint density at radius 3 is 2.32 bits per heavy atom. The minimum absolute atomic E-state index is 0.144. The Morgan fingerprint density at radius 2 is 1.82 bits per heavy atom. The molecule has 0 saturated heterocycles. The zero-order valence-electron chi connectivity index (χ0n) is 21.0. The van der Waals surface area contributed by atoms with Gasteiger partial charge in [-0.1, -0.05) is 49.7 Å². The van der Waals surface area contributed by atoms with Crippen molar-refractivity contribution in [3.05, 3.63) is 82.0 Å². The molecule has 1 aliphatic carbocycles. The Morgan fingerprint density at radius 1 is 1.24 bits per heavy atom. The zero-order valence-corrected chi connectivity index (χ0v) is 22.1. The molecular weight excluding hydrogens is 445 g/mol. The largest absolute Gasteiger partial charge is 0.376 e. The van der Waals surface area contributed by atoms with Crippen molar-refractivity contribution in [3.63, 3.8) is 0 Å². The van der Waals surface area contributed by atoms with Gasteiger partial charge in [-0.2, -0.15) is 0 Å². The number of nitrogens with zero attached hydrogens (tertiary/aromatic N) is 1. The van der Waals surface area contributed by atoms with Crippen molar-refractivity contribution in [2.75, 3.05) is 19.0 Å². The Kier molecular flexibility index (Phi) is 14.0. The molecule has 0 saturated carbocycles. The second kappa shape index (κ2) is 16.2. The van der Waals surface area contributed by atoms with Crippen LogP contribution in [0.25, 0.3) is 5.57 Å². The van der Waals surface area contributed by atoms with E-state index in [4.69, 9.17) is 4.74 Å². The fourth-order valence-electron chi connectivity index (χ4n) is 3.65. The van der Waals surface area contributed by atoms with Crippen LogP contribution in [-0.4, -0.2) is 30.2 Å². The van der Waals surface area contributed by atoms with E-state index in [9.17, 15) is 9.59 Å². The van der Waals surface area contributed by atoms with Gasteiger partial charge in [0.2, 0.25) is 5.91 Å². The predicted molar refractivity (Wildman–Crippen MR) is 147 cm³/mol. The number of benzene rings is 1. The monoisotopic (exact) mass is 485 g/mol. The van der Waals surface area contributed by atoms with Gasteiger partial charge in [0.15, 0.2) is 0 Å². The van der Waals surface area contributed by atoms with Crippen LogP contribution >= 0.6 is 9.24 Å². The molecule has 3 rings (SSSR count). The smallest absolute Gasteiger partial charge is 0.274 e. The average Bonchev–Trinajstić information content (AvgIpc) is 3.25. The zero-order chi connectivity index (χ0) is 25.5. The standard InChI is InChI=1S/C23H28N2O3.C3H7P.CH5N/c1-4-7-22(26)24-20-10-11-21(16(2)3)25(23(20)27)12-13-28-19-14-17-8-5-6-9-18(17)15-19;1-2-3-4;1-2/h5-6,8-11,19H,2,4,7,12-15H2,1,3H3,(H,24,26);2-3H,4H2,1H3;2H2,1H3/b;3-2-;. The molecule has 0 fully saturated rings. The third-order valence-electron chi connectivity index (χ3n) is 5.24. The first-order chi connectivity index (χ1) is 16.4. The van der Waals surface area contributed by atoms with Crippen molar-refractivity contribution in [3.8, 4) is 0 Å². The molecule has 186 valence electrons. The summed E-state index contributed by atoms with van der Waals surface area (Å²) in [5.74, 6) is 1.77. The molecule has 0 bridgehead atoms. The summed E-state index contributed by atoms with van der Waals surface area (Å²) in [6.07, 6.45) is 5.06. The second-order valence-electron chi connectivity index (χ2n) is 7.86. The van der Waals surface area contributed by atoms with Crippen molar-refractivity contribution >= 4 is 26.4 Å². The summed E-state index contributed by atoms with van der Waals surface area (Å²) in [4.78, 5) is 24.8. The van der Waals surface area contributed by atoms with Crippen molar-refractivity contribution in [2.24, 2.45) is 5.73 Å². The Balaban J connectivity index is 0.000000872. The number of rotatable bonds is 8. The van der Waals surface area contributed by atoms with Crippen LogP contribution in [0.15, 0.2) is 59.7 Å². The lowest BCUT2D eigenvalue weighted by molar-refractivity contribution is -0.116. The van der Waals surface area contributed by atoms with Crippen molar-refractivity contribution in [1.82, 2.24) is 4.57 Å². The van der Waals surface area contributed by atoms with Crippen LogP contribution in [0, 0.1) is 0 Å². The van der Waals surface area contributed by atoms with Crippen LogP contribution < -0.4 is 16.6 Å². The Hall–Kier alpha value is -2.53. The van der Waals surface area contributed by atoms with E-state index in [0.29, 0.717) is 25.3 Å². The van der Waals surface area contributed by atoms with Gasteiger partial charge in [0.05, 0.1) is 12.7 Å². The van der Waals surface area contributed by atoms with E-state index in [1.165, 1.54) is 18.2 Å². The Labute approximate surface area is 206 Å². The van der Waals surface area contributed by atoms with Gasteiger partial charge >= 0.3 is 0 Å². The highest BCUT2D eigenvalue weighted by Crippen LogP contribution is 2.23. The molecule has 1 aliphatic rings. The number of amides is 1. The molecule has 1 unspecified atom stereocenters. The summed E-state index contributed by atoms with van der Waals surface area (Å²) < 4.78 is 7.71. The number of fused-ring (bicyclic) bond motifs is 1. The third-order valence-corrected chi connectivity index (χ3v) is 5.62. The van der Waals surface area contributed by atoms with Crippen LogP contribution in [0.1, 0.15) is 50.4 Å². The van der Waals surface area contributed by atoms with Gasteiger partial charge in [-0.3, -0.25) is 9.59 Å². The number of carbonyl (C=O) groups is 1.